The Kier molecular flexibility index (Phi) is 7.52. The number of piperidine rings is 1. The molecule has 0 atom stereocenters. The van der Waals surface area contributed by atoms with Crippen LogP contribution in [0.2, 0.25) is 0 Å². The Morgan fingerprint density at radius 3 is 2.36 bits per heavy atom. The van der Waals surface area contributed by atoms with Gasteiger partial charge in [-0.1, -0.05) is 43.0 Å². The van der Waals surface area contributed by atoms with Crippen molar-refractivity contribution in [2.45, 2.75) is 46.5 Å². The maximum absolute atomic E-state index is 4.33. The maximum atomic E-state index is 4.33. The number of benzene rings is 1. The fourth-order valence-corrected chi connectivity index (χ4v) is 3.63. The van der Waals surface area contributed by atoms with Gasteiger partial charge in [-0.25, -0.2) is 0 Å². The summed E-state index contributed by atoms with van der Waals surface area (Å²) < 4.78 is 0. The van der Waals surface area contributed by atoms with E-state index in [-0.39, 0.29) is 0 Å². The lowest BCUT2D eigenvalue weighted by atomic mass is 9.92. The second-order valence-electron chi connectivity index (χ2n) is 7.39. The summed E-state index contributed by atoms with van der Waals surface area (Å²) in [4.78, 5) is 0. The summed E-state index contributed by atoms with van der Waals surface area (Å²) in [5.74, 6) is 0.899. The molecule has 0 aliphatic carbocycles. The van der Waals surface area contributed by atoms with Gasteiger partial charge in [-0.2, -0.15) is 0 Å². The molecule has 0 unspecified atom stereocenters. The first-order valence-electron chi connectivity index (χ1n) is 9.56. The molecule has 0 saturated carbocycles. The van der Waals surface area contributed by atoms with Crippen LogP contribution >= 0.6 is 0 Å². The van der Waals surface area contributed by atoms with Crippen LogP contribution in [-0.4, -0.2) is 19.6 Å². The van der Waals surface area contributed by atoms with Crippen LogP contribution in [0.1, 0.15) is 50.7 Å². The zero-order valence-corrected chi connectivity index (χ0v) is 16.3. The highest BCUT2D eigenvalue weighted by molar-refractivity contribution is 5.82. The highest BCUT2D eigenvalue weighted by atomic mass is 14.9. The van der Waals surface area contributed by atoms with Crippen molar-refractivity contribution in [3.63, 3.8) is 0 Å². The Morgan fingerprint density at radius 1 is 1.12 bits per heavy atom. The summed E-state index contributed by atoms with van der Waals surface area (Å²) in [5, 5.41) is 7.05. The average Bonchev–Trinajstić information content (AvgIpc) is 2.60. The van der Waals surface area contributed by atoms with Crippen LogP contribution in [0.3, 0.4) is 0 Å². The maximum Gasteiger partial charge on any atom is 0.0157 e. The molecule has 0 amide bonds. The Bertz CT molecular complexity index is 616. The summed E-state index contributed by atoms with van der Waals surface area (Å²) >= 11 is 0. The lowest BCUT2D eigenvalue weighted by molar-refractivity contribution is 0.346. The number of hydrogen-bond acceptors (Lipinski definition) is 2. The minimum Gasteiger partial charge on any atom is -0.388 e. The number of hydrogen-bond donors (Lipinski definition) is 2. The largest absolute Gasteiger partial charge is 0.388 e. The van der Waals surface area contributed by atoms with E-state index in [1.165, 1.54) is 55.6 Å². The molecule has 1 aromatic rings. The van der Waals surface area contributed by atoms with Gasteiger partial charge in [0.15, 0.2) is 0 Å². The average molecular weight is 339 g/mol. The van der Waals surface area contributed by atoms with Crippen molar-refractivity contribution in [3.8, 4) is 0 Å². The van der Waals surface area contributed by atoms with Crippen molar-refractivity contribution in [2.24, 2.45) is 5.92 Å². The summed E-state index contributed by atoms with van der Waals surface area (Å²) in [7, 11) is 0. The van der Waals surface area contributed by atoms with E-state index in [4.69, 9.17) is 0 Å². The normalized spacial score (nSPS) is 16.3. The number of aryl methyl sites for hydroxylation is 1. The molecule has 0 radical (unpaired) electrons. The molecule has 1 heterocycles. The molecule has 0 spiro atoms. The molecule has 2 rings (SSSR count). The van der Waals surface area contributed by atoms with E-state index in [0.717, 1.165) is 29.2 Å². The van der Waals surface area contributed by atoms with Crippen LogP contribution in [0, 0.1) is 12.8 Å². The smallest absolute Gasteiger partial charge is 0.0157 e. The molecule has 2 N–H and O–H groups in total. The van der Waals surface area contributed by atoms with Gasteiger partial charge < -0.3 is 10.6 Å². The number of allylic oxidation sites excluding steroid dienone is 4. The SMILES string of the molecule is C=C(C)/C(C(=C)c1ccc(C)cc1)=C(/C)NCCCC1CCNCC1. The van der Waals surface area contributed by atoms with Crippen molar-refractivity contribution >= 4 is 5.57 Å². The minimum atomic E-state index is 0.899. The van der Waals surface area contributed by atoms with Gasteiger partial charge in [0.25, 0.3) is 0 Å². The molecule has 0 bridgehead atoms. The second-order valence-corrected chi connectivity index (χ2v) is 7.39. The zero-order valence-electron chi connectivity index (χ0n) is 16.3. The van der Waals surface area contributed by atoms with Crippen LogP contribution in [0.25, 0.3) is 5.57 Å². The van der Waals surface area contributed by atoms with Gasteiger partial charge in [0.1, 0.15) is 0 Å². The summed E-state index contributed by atoms with van der Waals surface area (Å²) in [5.41, 5.74) is 6.89. The van der Waals surface area contributed by atoms with E-state index in [1.54, 1.807) is 0 Å². The van der Waals surface area contributed by atoms with E-state index in [0.29, 0.717) is 0 Å². The molecule has 1 fully saturated rings. The molecule has 2 nitrogen and oxygen atoms in total. The van der Waals surface area contributed by atoms with Crippen molar-refractivity contribution < 1.29 is 0 Å². The van der Waals surface area contributed by atoms with E-state index in [2.05, 4.69) is 68.8 Å². The third kappa shape index (κ3) is 5.89. The topological polar surface area (TPSA) is 24.1 Å². The molecule has 2 heteroatoms. The lowest BCUT2D eigenvalue weighted by Crippen LogP contribution is -2.28. The van der Waals surface area contributed by atoms with Gasteiger partial charge in [0.2, 0.25) is 0 Å². The van der Waals surface area contributed by atoms with Gasteiger partial charge in [-0.15, -0.1) is 0 Å². The Labute approximate surface area is 154 Å². The van der Waals surface area contributed by atoms with Gasteiger partial charge in [-0.3, -0.25) is 0 Å². The van der Waals surface area contributed by atoms with E-state index in [1.807, 2.05) is 0 Å². The first-order chi connectivity index (χ1) is 12.0. The third-order valence-electron chi connectivity index (χ3n) is 5.14. The molecular formula is C23H34N2. The van der Waals surface area contributed by atoms with Gasteiger partial charge in [0, 0.05) is 17.8 Å². The summed E-state index contributed by atoms with van der Waals surface area (Å²) in [6.45, 7) is 18.2. The van der Waals surface area contributed by atoms with Crippen LogP contribution in [0.15, 0.2) is 54.3 Å². The van der Waals surface area contributed by atoms with Gasteiger partial charge in [-0.05, 0) is 82.2 Å². The predicted molar refractivity (Wildman–Crippen MR) is 111 cm³/mol. The molecule has 1 aliphatic rings. The lowest BCUT2D eigenvalue weighted by Gasteiger charge is -2.23. The van der Waals surface area contributed by atoms with Crippen LogP contribution in [-0.2, 0) is 0 Å². The third-order valence-corrected chi connectivity index (χ3v) is 5.14. The fraction of sp³-hybridized carbons (Fsp3) is 0.478. The molecule has 136 valence electrons. The fourth-order valence-electron chi connectivity index (χ4n) is 3.63. The van der Waals surface area contributed by atoms with E-state index in [9.17, 15) is 0 Å². The monoisotopic (exact) mass is 338 g/mol. The molecule has 1 aromatic carbocycles. The zero-order chi connectivity index (χ0) is 18.2. The van der Waals surface area contributed by atoms with E-state index < -0.39 is 0 Å². The van der Waals surface area contributed by atoms with E-state index >= 15 is 0 Å². The molecule has 1 saturated heterocycles. The predicted octanol–water partition coefficient (Wildman–Crippen LogP) is 5.23. The van der Waals surface area contributed by atoms with Crippen LogP contribution < -0.4 is 10.6 Å². The van der Waals surface area contributed by atoms with Crippen molar-refractivity contribution in [1.82, 2.24) is 10.6 Å². The summed E-state index contributed by atoms with van der Waals surface area (Å²) in [6, 6.07) is 8.56. The van der Waals surface area contributed by atoms with Crippen LogP contribution in [0.5, 0.6) is 0 Å². The van der Waals surface area contributed by atoms with Gasteiger partial charge in [0.05, 0.1) is 0 Å². The minimum absolute atomic E-state index is 0.899. The van der Waals surface area contributed by atoms with Crippen LogP contribution in [0.4, 0.5) is 0 Å². The Balaban J connectivity index is 1.95. The molecule has 0 aromatic heterocycles. The number of rotatable bonds is 8. The molecule has 1 aliphatic heterocycles. The quantitative estimate of drug-likeness (QED) is 0.501. The first-order valence-corrected chi connectivity index (χ1v) is 9.56. The Morgan fingerprint density at radius 2 is 1.76 bits per heavy atom. The Hall–Kier alpha value is -1.80. The first kappa shape index (κ1) is 19.5. The number of nitrogens with one attached hydrogen (secondary N) is 2. The highest BCUT2D eigenvalue weighted by Gasteiger charge is 2.13. The molecule has 25 heavy (non-hydrogen) atoms. The van der Waals surface area contributed by atoms with Crippen molar-refractivity contribution in [1.29, 1.82) is 0 Å². The van der Waals surface area contributed by atoms with Crippen molar-refractivity contribution in [2.75, 3.05) is 19.6 Å². The highest BCUT2D eigenvalue weighted by Crippen LogP contribution is 2.28. The second kappa shape index (κ2) is 9.62. The summed E-state index contributed by atoms with van der Waals surface area (Å²) in [6.07, 6.45) is 5.21. The van der Waals surface area contributed by atoms with Gasteiger partial charge >= 0.3 is 0 Å². The molecular weight excluding hydrogens is 304 g/mol. The van der Waals surface area contributed by atoms with Crippen molar-refractivity contribution in [3.05, 3.63) is 65.4 Å². The standard InChI is InChI=1S/C23H34N2/c1-17(2)23(19(4)22-10-8-18(3)9-11-22)20(5)25-14-6-7-21-12-15-24-16-13-21/h8-11,21,24-25H,1,4,6-7,12-16H2,2-3,5H3/b23-20+.